The number of methoxy groups -OCH3 is 2. The van der Waals surface area contributed by atoms with Gasteiger partial charge in [-0.3, -0.25) is 4.79 Å². The molecule has 0 radical (unpaired) electrons. The molecule has 104 valence electrons. The summed E-state index contributed by atoms with van der Waals surface area (Å²) in [5, 5.41) is 9.49. The Balaban J connectivity index is 2.59. The van der Waals surface area contributed by atoms with Crippen molar-refractivity contribution in [1.29, 1.82) is 0 Å². The van der Waals surface area contributed by atoms with Crippen LogP contribution in [-0.2, 0) is 10.2 Å². The van der Waals surface area contributed by atoms with Gasteiger partial charge in [-0.15, -0.1) is 0 Å². The zero-order valence-corrected chi connectivity index (χ0v) is 11.0. The molecule has 5 heteroatoms. The van der Waals surface area contributed by atoms with Crippen LogP contribution >= 0.6 is 0 Å². The molecule has 0 heterocycles. The van der Waals surface area contributed by atoms with E-state index in [0.29, 0.717) is 12.8 Å². The highest BCUT2D eigenvalue weighted by molar-refractivity contribution is 5.82. The number of carboxylic acids is 1. The normalized spacial score (nSPS) is 17.2. The smallest absolute Gasteiger partial charge is 0.314 e. The first-order chi connectivity index (χ1) is 9.06. The van der Waals surface area contributed by atoms with E-state index in [-0.39, 0.29) is 17.1 Å². The van der Waals surface area contributed by atoms with Crippen molar-refractivity contribution in [1.82, 2.24) is 0 Å². The summed E-state index contributed by atoms with van der Waals surface area (Å²) >= 11 is 0. The van der Waals surface area contributed by atoms with Crippen molar-refractivity contribution >= 4 is 5.97 Å². The zero-order chi connectivity index (χ0) is 14.0. The predicted octanol–water partition coefficient (Wildman–Crippen LogP) is 2.74. The monoisotopic (exact) mass is 268 g/mol. The second-order valence-electron chi connectivity index (χ2n) is 4.76. The standard InChI is InChI=1S/C14H17FO4/c1-18-10-6-5-9(11(15)12(10)19-2)14(13(16)17)7-3-4-8-14/h5-6H,3-4,7-8H2,1-2H3,(H,16,17). The second-order valence-corrected chi connectivity index (χ2v) is 4.76. The van der Waals surface area contributed by atoms with Crippen molar-refractivity contribution in [3.8, 4) is 11.5 Å². The third-order valence-corrected chi connectivity index (χ3v) is 3.87. The lowest BCUT2D eigenvalue weighted by atomic mass is 9.78. The summed E-state index contributed by atoms with van der Waals surface area (Å²) in [6.07, 6.45) is 2.49. The zero-order valence-electron chi connectivity index (χ0n) is 11.0. The molecule has 19 heavy (non-hydrogen) atoms. The quantitative estimate of drug-likeness (QED) is 0.912. The Labute approximate surface area is 111 Å². The van der Waals surface area contributed by atoms with Crippen molar-refractivity contribution in [2.45, 2.75) is 31.1 Å². The van der Waals surface area contributed by atoms with Gasteiger partial charge >= 0.3 is 5.97 Å². The third kappa shape index (κ3) is 2.03. The molecule has 1 aliphatic rings. The number of carboxylic acid groups (broad SMARTS) is 1. The van der Waals surface area contributed by atoms with Gasteiger partial charge in [0.2, 0.25) is 0 Å². The fraction of sp³-hybridized carbons (Fsp3) is 0.500. The first kappa shape index (κ1) is 13.6. The first-order valence-electron chi connectivity index (χ1n) is 6.21. The summed E-state index contributed by atoms with van der Waals surface area (Å²) in [6.45, 7) is 0. The Morgan fingerprint density at radius 1 is 1.26 bits per heavy atom. The maximum absolute atomic E-state index is 14.5. The van der Waals surface area contributed by atoms with E-state index < -0.39 is 17.2 Å². The number of aliphatic carboxylic acids is 1. The number of hydrogen-bond acceptors (Lipinski definition) is 3. The van der Waals surface area contributed by atoms with E-state index >= 15 is 0 Å². The van der Waals surface area contributed by atoms with E-state index in [2.05, 4.69) is 0 Å². The topological polar surface area (TPSA) is 55.8 Å². The SMILES string of the molecule is COc1ccc(C2(C(=O)O)CCCC2)c(F)c1OC. The Morgan fingerprint density at radius 3 is 2.37 bits per heavy atom. The van der Waals surface area contributed by atoms with Crippen LogP contribution in [0.3, 0.4) is 0 Å². The van der Waals surface area contributed by atoms with E-state index in [1.54, 1.807) is 6.07 Å². The van der Waals surface area contributed by atoms with E-state index in [4.69, 9.17) is 9.47 Å². The van der Waals surface area contributed by atoms with Crippen LogP contribution in [-0.4, -0.2) is 25.3 Å². The average molecular weight is 268 g/mol. The lowest BCUT2D eigenvalue weighted by molar-refractivity contribution is -0.143. The minimum absolute atomic E-state index is 0.0347. The van der Waals surface area contributed by atoms with Crippen LogP contribution in [0.4, 0.5) is 4.39 Å². The fourth-order valence-electron chi connectivity index (χ4n) is 2.84. The van der Waals surface area contributed by atoms with Crippen LogP contribution in [0, 0.1) is 5.82 Å². The van der Waals surface area contributed by atoms with Crippen LogP contribution in [0.2, 0.25) is 0 Å². The van der Waals surface area contributed by atoms with Crippen molar-refractivity contribution in [3.05, 3.63) is 23.5 Å². The summed E-state index contributed by atoms with van der Waals surface area (Å²) in [5.41, 5.74) is -0.945. The van der Waals surface area contributed by atoms with Crippen molar-refractivity contribution in [3.63, 3.8) is 0 Å². The molecule has 0 bridgehead atoms. The molecule has 0 atom stereocenters. The van der Waals surface area contributed by atoms with Gasteiger partial charge in [-0.2, -0.15) is 0 Å². The van der Waals surface area contributed by atoms with E-state index in [0.717, 1.165) is 12.8 Å². The molecule has 0 aromatic heterocycles. The number of carbonyl (C=O) groups is 1. The molecule has 1 aliphatic carbocycles. The number of rotatable bonds is 4. The molecule has 0 amide bonds. The van der Waals surface area contributed by atoms with Gasteiger partial charge < -0.3 is 14.6 Å². The Kier molecular flexibility index (Phi) is 3.64. The Hall–Kier alpha value is -1.78. The number of benzene rings is 1. The van der Waals surface area contributed by atoms with Gasteiger partial charge in [-0.25, -0.2) is 4.39 Å². The highest BCUT2D eigenvalue weighted by atomic mass is 19.1. The summed E-state index contributed by atoms with van der Waals surface area (Å²) < 4.78 is 24.5. The average Bonchev–Trinajstić information content (AvgIpc) is 2.88. The summed E-state index contributed by atoms with van der Waals surface area (Å²) in [4.78, 5) is 11.6. The molecule has 0 saturated heterocycles. The molecule has 1 aromatic rings. The number of hydrogen-bond donors (Lipinski definition) is 1. The van der Waals surface area contributed by atoms with E-state index in [1.807, 2.05) is 0 Å². The number of halogens is 1. The van der Waals surface area contributed by atoms with Crippen LogP contribution in [0.25, 0.3) is 0 Å². The van der Waals surface area contributed by atoms with Crippen molar-refractivity contribution in [2.24, 2.45) is 0 Å². The number of ether oxygens (including phenoxy) is 2. The van der Waals surface area contributed by atoms with Crippen LogP contribution in [0.1, 0.15) is 31.2 Å². The maximum Gasteiger partial charge on any atom is 0.314 e. The third-order valence-electron chi connectivity index (χ3n) is 3.87. The lowest BCUT2D eigenvalue weighted by Crippen LogP contribution is -2.33. The van der Waals surface area contributed by atoms with Gasteiger partial charge in [0.25, 0.3) is 0 Å². The van der Waals surface area contributed by atoms with Gasteiger partial charge in [0.15, 0.2) is 17.3 Å². The Bertz CT molecular complexity index is 492. The van der Waals surface area contributed by atoms with Gasteiger partial charge in [0, 0.05) is 5.56 Å². The maximum atomic E-state index is 14.5. The molecule has 0 spiro atoms. The van der Waals surface area contributed by atoms with Crippen LogP contribution in [0.15, 0.2) is 12.1 Å². The molecule has 0 unspecified atom stereocenters. The van der Waals surface area contributed by atoms with Crippen LogP contribution < -0.4 is 9.47 Å². The Morgan fingerprint density at radius 2 is 1.89 bits per heavy atom. The highest BCUT2D eigenvalue weighted by Crippen LogP contribution is 2.45. The highest BCUT2D eigenvalue weighted by Gasteiger charge is 2.45. The minimum atomic E-state index is -1.14. The van der Waals surface area contributed by atoms with Gasteiger partial charge in [0.1, 0.15) is 0 Å². The lowest BCUT2D eigenvalue weighted by Gasteiger charge is -2.26. The predicted molar refractivity (Wildman–Crippen MR) is 67.3 cm³/mol. The van der Waals surface area contributed by atoms with E-state index in [9.17, 15) is 14.3 Å². The van der Waals surface area contributed by atoms with Gasteiger partial charge in [0.05, 0.1) is 19.6 Å². The van der Waals surface area contributed by atoms with Crippen molar-refractivity contribution < 1.29 is 23.8 Å². The molecule has 1 fully saturated rings. The van der Waals surface area contributed by atoms with Crippen molar-refractivity contribution in [2.75, 3.05) is 14.2 Å². The molecule has 4 nitrogen and oxygen atoms in total. The summed E-state index contributed by atoms with van der Waals surface area (Å²) in [7, 11) is 2.76. The molecule has 0 aliphatic heterocycles. The van der Waals surface area contributed by atoms with Gasteiger partial charge in [-0.05, 0) is 18.9 Å². The summed E-state index contributed by atoms with van der Waals surface area (Å²) in [5.74, 6) is -1.38. The molecular weight excluding hydrogens is 251 g/mol. The van der Waals surface area contributed by atoms with E-state index in [1.165, 1.54) is 20.3 Å². The summed E-state index contributed by atoms with van der Waals surface area (Å²) in [6, 6.07) is 3.05. The molecule has 2 rings (SSSR count). The second kappa shape index (κ2) is 5.07. The minimum Gasteiger partial charge on any atom is -0.493 e. The first-order valence-corrected chi connectivity index (χ1v) is 6.21. The molecular formula is C14H17FO4. The van der Waals surface area contributed by atoms with Gasteiger partial charge in [-0.1, -0.05) is 18.9 Å². The van der Waals surface area contributed by atoms with Crippen LogP contribution in [0.5, 0.6) is 11.5 Å². The molecule has 1 aromatic carbocycles. The molecule has 1 N–H and O–H groups in total. The largest absolute Gasteiger partial charge is 0.493 e. The fourth-order valence-corrected chi connectivity index (χ4v) is 2.84. The molecule has 1 saturated carbocycles.